The molecule has 5 aromatic rings. The SMILES string of the molecule is COC(=O)N[C@H](C(=O)N1CCC[C@H]1c1ncc(-c2ccc(-c3ccc(-c4cnc(C5C6CCC(C6)[C@@H]5C(=O)NC(C)c5cnccn5)[nH]4)cc3)cc2)[nH]1)[C@@H](C)OC. The highest BCUT2D eigenvalue weighted by Crippen LogP contribution is 2.56. The molecule has 2 aliphatic carbocycles. The van der Waals surface area contributed by atoms with Crippen molar-refractivity contribution in [1.29, 1.82) is 0 Å². The minimum Gasteiger partial charge on any atom is -0.453 e. The highest BCUT2D eigenvalue weighted by molar-refractivity contribution is 5.87. The summed E-state index contributed by atoms with van der Waals surface area (Å²) in [7, 11) is 2.77. The first-order chi connectivity index (χ1) is 27.7. The van der Waals surface area contributed by atoms with Gasteiger partial charge in [-0.3, -0.25) is 19.6 Å². The van der Waals surface area contributed by atoms with E-state index in [0.717, 1.165) is 77.3 Å². The summed E-state index contributed by atoms with van der Waals surface area (Å²) in [6.07, 6.45) is 12.3. The number of H-pyrrole nitrogens is 2. The number of carbonyl (C=O) groups excluding carboxylic acids is 3. The highest BCUT2D eigenvalue weighted by atomic mass is 16.5. The van der Waals surface area contributed by atoms with Crippen molar-refractivity contribution in [3.05, 3.63) is 96.9 Å². The molecule has 2 saturated carbocycles. The maximum absolute atomic E-state index is 13.7. The van der Waals surface area contributed by atoms with Crippen LogP contribution in [0.25, 0.3) is 33.6 Å². The minimum absolute atomic E-state index is 0.0577. The van der Waals surface area contributed by atoms with Gasteiger partial charge in [-0.15, -0.1) is 0 Å². The summed E-state index contributed by atoms with van der Waals surface area (Å²) in [5.41, 5.74) is 6.70. The Kier molecular flexibility index (Phi) is 10.9. The fraction of sp³-hybridized carbons (Fsp3) is 0.419. The number of aromatic amines is 2. The second kappa shape index (κ2) is 16.3. The third-order valence-corrected chi connectivity index (χ3v) is 12.3. The lowest BCUT2D eigenvalue weighted by molar-refractivity contribution is -0.137. The van der Waals surface area contributed by atoms with E-state index in [2.05, 4.69) is 84.1 Å². The molecule has 3 aliphatic rings. The molecule has 4 heterocycles. The number of alkyl carbamates (subject to hydrolysis) is 1. The van der Waals surface area contributed by atoms with E-state index in [-0.39, 0.29) is 35.7 Å². The van der Waals surface area contributed by atoms with E-state index in [4.69, 9.17) is 14.5 Å². The molecule has 14 heteroatoms. The number of nitrogens with one attached hydrogen (secondary N) is 4. The smallest absolute Gasteiger partial charge is 0.407 e. The zero-order chi connectivity index (χ0) is 39.6. The quantitative estimate of drug-likeness (QED) is 0.112. The molecule has 0 radical (unpaired) electrons. The van der Waals surface area contributed by atoms with Gasteiger partial charge in [-0.2, -0.15) is 0 Å². The van der Waals surface area contributed by atoms with Crippen LogP contribution in [0.15, 0.2) is 79.5 Å². The van der Waals surface area contributed by atoms with E-state index in [9.17, 15) is 14.4 Å². The van der Waals surface area contributed by atoms with E-state index < -0.39 is 18.2 Å². The number of methoxy groups -OCH3 is 2. The number of benzene rings is 2. The fourth-order valence-corrected chi connectivity index (χ4v) is 9.16. The molecule has 0 spiro atoms. The molecule has 14 nitrogen and oxygen atoms in total. The first-order valence-electron chi connectivity index (χ1n) is 19.8. The van der Waals surface area contributed by atoms with Crippen LogP contribution in [-0.4, -0.2) is 85.6 Å². The Bertz CT molecular complexity index is 2190. The van der Waals surface area contributed by atoms with Crippen LogP contribution in [0.1, 0.15) is 81.3 Å². The third kappa shape index (κ3) is 7.65. The summed E-state index contributed by atoms with van der Waals surface area (Å²) in [5, 5.41) is 5.84. The molecule has 8 rings (SSSR count). The van der Waals surface area contributed by atoms with Gasteiger partial charge in [-0.05, 0) is 80.0 Å². The Morgan fingerprint density at radius 3 is 2.04 bits per heavy atom. The largest absolute Gasteiger partial charge is 0.453 e. The molecule has 2 aromatic carbocycles. The van der Waals surface area contributed by atoms with Gasteiger partial charge in [0.25, 0.3) is 0 Å². The fourth-order valence-electron chi connectivity index (χ4n) is 9.16. The number of aromatic nitrogens is 6. The first-order valence-corrected chi connectivity index (χ1v) is 19.8. The zero-order valence-electron chi connectivity index (χ0n) is 32.6. The number of hydrogen-bond donors (Lipinski definition) is 4. The van der Waals surface area contributed by atoms with Crippen molar-refractivity contribution in [2.45, 2.75) is 76.1 Å². The molecule has 1 aliphatic heterocycles. The maximum atomic E-state index is 13.7. The summed E-state index contributed by atoms with van der Waals surface area (Å²) >= 11 is 0. The molecule has 4 unspecified atom stereocenters. The molecular weight excluding hydrogens is 723 g/mol. The van der Waals surface area contributed by atoms with Gasteiger partial charge >= 0.3 is 6.09 Å². The van der Waals surface area contributed by atoms with Gasteiger partial charge in [0.05, 0.1) is 66.9 Å². The normalized spacial score (nSPS) is 22.9. The predicted octanol–water partition coefficient (Wildman–Crippen LogP) is 6.35. The van der Waals surface area contributed by atoms with Crippen molar-refractivity contribution in [1.82, 2.24) is 45.4 Å². The molecule has 3 aromatic heterocycles. The Morgan fingerprint density at radius 2 is 1.40 bits per heavy atom. The van der Waals surface area contributed by atoms with Gasteiger partial charge in [-0.1, -0.05) is 48.5 Å². The van der Waals surface area contributed by atoms with Crippen LogP contribution in [0.3, 0.4) is 0 Å². The topological polar surface area (TPSA) is 180 Å². The summed E-state index contributed by atoms with van der Waals surface area (Å²) < 4.78 is 10.2. The summed E-state index contributed by atoms with van der Waals surface area (Å²) in [6.45, 7) is 4.25. The van der Waals surface area contributed by atoms with Crippen LogP contribution in [0, 0.1) is 17.8 Å². The monoisotopic (exact) mass is 771 g/mol. The summed E-state index contributed by atoms with van der Waals surface area (Å²) in [4.78, 5) is 66.2. The van der Waals surface area contributed by atoms with Crippen molar-refractivity contribution < 1.29 is 23.9 Å². The maximum Gasteiger partial charge on any atom is 0.407 e. The number of ether oxygens (including phenoxy) is 2. The molecule has 8 atom stereocenters. The van der Waals surface area contributed by atoms with E-state index in [0.29, 0.717) is 24.2 Å². The van der Waals surface area contributed by atoms with Gasteiger partial charge in [0, 0.05) is 32.0 Å². The molecule has 1 saturated heterocycles. The van der Waals surface area contributed by atoms with Crippen molar-refractivity contribution in [3.63, 3.8) is 0 Å². The minimum atomic E-state index is -0.887. The molecule has 296 valence electrons. The first kappa shape index (κ1) is 38.0. The lowest BCUT2D eigenvalue weighted by Gasteiger charge is -2.30. The second-order valence-electron chi connectivity index (χ2n) is 15.5. The number of amides is 3. The van der Waals surface area contributed by atoms with E-state index in [1.165, 1.54) is 14.2 Å². The van der Waals surface area contributed by atoms with Gasteiger partial charge in [0.2, 0.25) is 11.8 Å². The number of nitrogens with zero attached hydrogens (tertiary/aromatic N) is 5. The van der Waals surface area contributed by atoms with Crippen molar-refractivity contribution in [2.24, 2.45) is 17.8 Å². The van der Waals surface area contributed by atoms with Gasteiger partial charge < -0.3 is 35.0 Å². The number of likely N-dealkylation sites (tertiary alicyclic amines) is 1. The van der Waals surface area contributed by atoms with Crippen LogP contribution in [0.2, 0.25) is 0 Å². The van der Waals surface area contributed by atoms with E-state index >= 15 is 0 Å². The van der Waals surface area contributed by atoms with Crippen LogP contribution in [0.4, 0.5) is 4.79 Å². The van der Waals surface area contributed by atoms with Gasteiger partial charge in [0.15, 0.2) is 0 Å². The van der Waals surface area contributed by atoms with Gasteiger partial charge in [-0.25, -0.2) is 14.8 Å². The zero-order valence-corrected chi connectivity index (χ0v) is 32.6. The molecule has 3 fully saturated rings. The molecule has 57 heavy (non-hydrogen) atoms. The Labute approximate surface area is 331 Å². The van der Waals surface area contributed by atoms with Crippen LogP contribution >= 0.6 is 0 Å². The average Bonchev–Trinajstić information content (AvgIpc) is 4.11. The standard InChI is InChI=1S/C43H49N9O5/c1-24(32-21-44-17-18-45-32)48-41(53)37-31-16-15-30(20-31)36(37)40-47-23-34(50-40)29-13-9-27(10-14-29)26-7-11-28(12-8-26)33-22-46-39(49-33)35-6-5-19-52(35)42(54)38(25(2)56-3)51-43(55)57-4/h7-14,17-18,21-25,30-31,35-38H,5-6,15-16,19-20H2,1-4H3,(H,46,49)(H,47,50)(H,48,53)(H,51,55)/t24?,25-,30?,31?,35+,36?,37+,38+/m1/s1. The number of fused-ring (bicyclic) bond motifs is 2. The predicted molar refractivity (Wildman–Crippen MR) is 212 cm³/mol. The Morgan fingerprint density at radius 1 is 0.772 bits per heavy atom. The van der Waals surface area contributed by atoms with E-state index in [1.54, 1.807) is 36.6 Å². The Balaban J connectivity index is 0.922. The summed E-state index contributed by atoms with van der Waals surface area (Å²) in [5.74, 6) is 2.15. The van der Waals surface area contributed by atoms with Crippen LogP contribution in [0.5, 0.6) is 0 Å². The molecule has 3 amide bonds. The average molecular weight is 772 g/mol. The van der Waals surface area contributed by atoms with Crippen LogP contribution in [-0.2, 0) is 19.1 Å². The van der Waals surface area contributed by atoms with Gasteiger partial charge in [0.1, 0.15) is 17.7 Å². The summed E-state index contributed by atoms with van der Waals surface area (Å²) in [6, 6.07) is 15.4. The molecule has 4 N–H and O–H groups in total. The number of carbonyl (C=O) groups is 3. The number of hydrogen-bond acceptors (Lipinski definition) is 9. The number of rotatable bonds is 12. The van der Waals surface area contributed by atoms with Crippen molar-refractivity contribution in [3.8, 4) is 33.6 Å². The lowest BCUT2D eigenvalue weighted by Crippen LogP contribution is -2.54. The van der Waals surface area contributed by atoms with Crippen molar-refractivity contribution in [2.75, 3.05) is 20.8 Å². The third-order valence-electron chi connectivity index (χ3n) is 12.3. The van der Waals surface area contributed by atoms with Crippen molar-refractivity contribution >= 4 is 17.9 Å². The molecule has 2 bridgehead atoms. The Hall–Kier alpha value is -5.89. The lowest BCUT2D eigenvalue weighted by atomic mass is 9.78. The van der Waals surface area contributed by atoms with E-state index in [1.807, 2.05) is 13.1 Å². The second-order valence-corrected chi connectivity index (χ2v) is 15.5. The highest BCUT2D eigenvalue weighted by Gasteiger charge is 2.52. The molecular formula is C43H49N9O5. The van der Waals surface area contributed by atoms with Crippen LogP contribution < -0.4 is 10.6 Å². The number of imidazole rings is 2.